The molecule has 116 valence electrons. The summed E-state index contributed by atoms with van der Waals surface area (Å²) in [6.45, 7) is 3.44. The average molecular weight is 300 g/mol. The molecular weight excluding hydrogens is 280 g/mol. The second-order valence-corrected chi connectivity index (χ2v) is 5.60. The van der Waals surface area contributed by atoms with E-state index in [0.29, 0.717) is 12.2 Å². The van der Waals surface area contributed by atoms with E-state index in [1.54, 1.807) is 19.1 Å². The van der Waals surface area contributed by atoms with Gasteiger partial charge in [0.2, 0.25) is 5.60 Å². The summed E-state index contributed by atoms with van der Waals surface area (Å²) >= 11 is 0. The van der Waals surface area contributed by atoms with Crippen LogP contribution in [0.4, 0.5) is 0 Å². The summed E-state index contributed by atoms with van der Waals surface area (Å²) < 4.78 is 5.74. The minimum absolute atomic E-state index is 0.113. The fourth-order valence-electron chi connectivity index (χ4n) is 2.28. The van der Waals surface area contributed by atoms with E-state index in [2.05, 4.69) is 0 Å². The third-order valence-electron chi connectivity index (χ3n) is 3.92. The zero-order chi connectivity index (χ0) is 16.2. The monoisotopic (exact) mass is 300 g/mol. The molecule has 2 rings (SSSR count). The fourth-order valence-corrected chi connectivity index (χ4v) is 2.28. The molecule has 2 atom stereocenters. The molecule has 22 heavy (non-hydrogen) atoms. The molecule has 0 aliphatic heterocycles. The Kier molecular flexibility index (Phi) is 4.71. The molecule has 0 heterocycles. The molecule has 4 heteroatoms. The molecule has 0 amide bonds. The smallest absolute Gasteiger partial charge is 0.348 e. The van der Waals surface area contributed by atoms with Gasteiger partial charge in [-0.2, -0.15) is 0 Å². The number of carbonyl (C=O) groups is 1. The highest BCUT2D eigenvalue weighted by atomic mass is 16.5. The first-order valence-electron chi connectivity index (χ1n) is 7.17. The predicted octanol–water partition coefficient (Wildman–Crippen LogP) is 3.49. The van der Waals surface area contributed by atoms with Gasteiger partial charge in [0.05, 0.1) is 0 Å². The van der Waals surface area contributed by atoms with Crippen molar-refractivity contribution >= 4 is 5.97 Å². The molecule has 0 saturated heterocycles. The summed E-state index contributed by atoms with van der Waals surface area (Å²) in [6, 6.07) is 15.8. The molecule has 0 spiro atoms. The molecule has 0 fully saturated rings. The molecular formula is C18H20O4. The molecule has 2 unspecified atom stereocenters. The minimum Gasteiger partial charge on any atom is -0.508 e. The van der Waals surface area contributed by atoms with Gasteiger partial charge < -0.3 is 14.9 Å². The largest absolute Gasteiger partial charge is 0.508 e. The summed E-state index contributed by atoms with van der Waals surface area (Å²) in [7, 11) is 0. The Morgan fingerprint density at radius 3 is 2.27 bits per heavy atom. The average Bonchev–Trinajstić information content (AvgIpc) is 2.50. The van der Waals surface area contributed by atoms with Crippen molar-refractivity contribution in [3.63, 3.8) is 0 Å². The first kappa shape index (κ1) is 15.9. The molecule has 0 radical (unpaired) electrons. The van der Waals surface area contributed by atoms with Crippen molar-refractivity contribution in [2.75, 3.05) is 0 Å². The van der Waals surface area contributed by atoms with E-state index in [0.717, 1.165) is 5.56 Å². The predicted molar refractivity (Wildman–Crippen MR) is 84.1 cm³/mol. The van der Waals surface area contributed by atoms with E-state index in [9.17, 15) is 15.0 Å². The third-order valence-corrected chi connectivity index (χ3v) is 3.92. The van der Waals surface area contributed by atoms with Crippen LogP contribution in [0.15, 0.2) is 54.6 Å². The number of carboxylic acids is 1. The van der Waals surface area contributed by atoms with Gasteiger partial charge in [0.15, 0.2) is 0 Å². The summed E-state index contributed by atoms with van der Waals surface area (Å²) in [5, 5.41) is 18.9. The Hall–Kier alpha value is -2.49. The van der Waals surface area contributed by atoms with Gasteiger partial charge in [-0.15, -0.1) is 0 Å². The maximum Gasteiger partial charge on any atom is 0.348 e. The molecule has 0 saturated carbocycles. The van der Waals surface area contributed by atoms with Crippen molar-refractivity contribution in [2.45, 2.75) is 25.9 Å². The summed E-state index contributed by atoms with van der Waals surface area (Å²) in [6.07, 6.45) is 0.599. The van der Waals surface area contributed by atoms with E-state index in [4.69, 9.17) is 4.74 Å². The number of aliphatic carboxylic acids is 1. The molecule has 0 aliphatic rings. The van der Waals surface area contributed by atoms with E-state index in [-0.39, 0.29) is 11.7 Å². The lowest BCUT2D eigenvalue weighted by Crippen LogP contribution is -2.48. The number of hydrogen-bond donors (Lipinski definition) is 2. The second-order valence-electron chi connectivity index (χ2n) is 5.60. The maximum absolute atomic E-state index is 11.7. The zero-order valence-corrected chi connectivity index (χ0v) is 12.7. The van der Waals surface area contributed by atoms with Crippen LogP contribution in [-0.2, 0) is 11.2 Å². The number of carboxylic acid groups (broad SMARTS) is 1. The molecule has 2 aromatic carbocycles. The van der Waals surface area contributed by atoms with E-state index < -0.39 is 11.6 Å². The zero-order valence-electron chi connectivity index (χ0n) is 12.7. The topological polar surface area (TPSA) is 66.8 Å². The van der Waals surface area contributed by atoms with Crippen molar-refractivity contribution in [3.05, 3.63) is 60.2 Å². The second kappa shape index (κ2) is 6.52. The molecule has 0 aromatic heterocycles. The fraction of sp³-hybridized carbons (Fsp3) is 0.278. The lowest BCUT2D eigenvalue weighted by molar-refractivity contribution is -0.158. The SMILES string of the molecule is CC(Cc1ccccc1)C(C)(Oc1ccc(O)cc1)C(=O)O. The number of ether oxygens (including phenoxy) is 1. The van der Waals surface area contributed by atoms with E-state index in [1.807, 2.05) is 37.3 Å². The normalized spacial score (nSPS) is 14.8. The van der Waals surface area contributed by atoms with Crippen LogP contribution in [0.5, 0.6) is 11.5 Å². The van der Waals surface area contributed by atoms with Crippen molar-refractivity contribution in [3.8, 4) is 11.5 Å². The van der Waals surface area contributed by atoms with Crippen LogP contribution in [0, 0.1) is 5.92 Å². The lowest BCUT2D eigenvalue weighted by atomic mass is 9.85. The molecule has 2 N–H and O–H groups in total. The van der Waals surface area contributed by atoms with Crippen molar-refractivity contribution in [1.82, 2.24) is 0 Å². The van der Waals surface area contributed by atoms with Crippen molar-refractivity contribution in [2.24, 2.45) is 5.92 Å². The highest BCUT2D eigenvalue weighted by Crippen LogP contribution is 2.29. The Bertz CT molecular complexity index is 621. The Morgan fingerprint density at radius 1 is 1.14 bits per heavy atom. The maximum atomic E-state index is 11.7. The number of hydrogen-bond acceptors (Lipinski definition) is 3. The molecule has 2 aromatic rings. The molecule has 0 bridgehead atoms. The van der Waals surface area contributed by atoms with Gasteiger partial charge in [0, 0.05) is 5.92 Å². The number of rotatable bonds is 6. The highest BCUT2D eigenvalue weighted by molar-refractivity contribution is 5.78. The van der Waals surface area contributed by atoms with Gasteiger partial charge in [-0.25, -0.2) is 4.79 Å². The Balaban J connectivity index is 2.19. The minimum atomic E-state index is -1.35. The van der Waals surface area contributed by atoms with Crippen LogP contribution in [0.3, 0.4) is 0 Å². The quantitative estimate of drug-likeness (QED) is 0.857. The van der Waals surface area contributed by atoms with Gasteiger partial charge in [0.1, 0.15) is 11.5 Å². The number of phenols is 1. The van der Waals surface area contributed by atoms with Crippen LogP contribution in [0.25, 0.3) is 0 Å². The van der Waals surface area contributed by atoms with Crippen LogP contribution in [0.2, 0.25) is 0 Å². The van der Waals surface area contributed by atoms with Crippen LogP contribution in [0.1, 0.15) is 19.4 Å². The van der Waals surface area contributed by atoms with Gasteiger partial charge in [-0.1, -0.05) is 37.3 Å². The lowest BCUT2D eigenvalue weighted by Gasteiger charge is -2.32. The first-order chi connectivity index (χ1) is 10.4. The third kappa shape index (κ3) is 3.58. The number of phenolic OH excluding ortho intramolecular Hbond substituents is 1. The Morgan fingerprint density at radius 2 is 1.73 bits per heavy atom. The van der Waals surface area contributed by atoms with Gasteiger partial charge in [-0.05, 0) is 43.2 Å². The summed E-state index contributed by atoms with van der Waals surface area (Å²) in [5.41, 5.74) is -0.288. The molecule has 0 aliphatic carbocycles. The van der Waals surface area contributed by atoms with E-state index in [1.165, 1.54) is 12.1 Å². The highest BCUT2D eigenvalue weighted by Gasteiger charge is 2.41. The van der Waals surface area contributed by atoms with Gasteiger partial charge in [-0.3, -0.25) is 0 Å². The Labute approximate surface area is 130 Å². The van der Waals surface area contributed by atoms with Crippen LogP contribution in [-0.4, -0.2) is 21.8 Å². The van der Waals surface area contributed by atoms with E-state index >= 15 is 0 Å². The van der Waals surface area contributed by atoms with Crippen LogP contribution < -0.4 is 4.74 Å². The van der Waals surface area contributed by atoms with Gasteiger partial charge in [0.25, 0.3) is 0 Å². The van der Waals surface area contributed by atoms with Crippen molar-refractivity contribution in [1.29, 1.82) is 0 Å². The summed E-state index contributed by atoms with van der Waals surface area (Å²) in [5.74, 6) is -0.713. The van der Waals surface area contributed by atoms with Crippen LogP contribution >= 0.6 is 0 Å². The number of aromatic hydroxyl groups is 1. The van der Waals surface area contributed by atoms with Gasteiger partial charge >= 0.3 is 5.97 Å². The standard InChI is InChI=1S/C18H20O4/c1-13(12-14-6-4-3-5-7-14)18(2,17(20)21)22-16-10-8-15(19)9-11-16/h3-11,13,19H,12H2,1-2H3,(H,20,21). The molecule has 4 nitrogen and oxygen atoms in total. The summed E-state index contributed by atoms with van der Waals surface area (Å²) in [4.78, 5) is 11.7. The first-order valence-corrected chi connectivity index (χ1v) is 7.17. The number of benzene rings is 2. The van der Waals surface area contributed by atoms with Crippen molar-refractivity contribution < 1.29 is 19.7 Å².